The highest BCUT2D eigenvalue weighted by atomic mass is 14.9. The van der Waals surface area contributed by atoms with Gasteiger partial charge in [-0.05, 0) is 68.0 Å². The molecule has 0 aromatic heterocycles. The van der Waals surface area contributed by atoms with Crippen LogP contribution in [0.4, 0.5) is 0 Å². The van der Waals surface area contributed by atoms with Crippen molar-refractivity contribution in [1.29, 1.82) is 0 Å². The summed E-state index contributed by atoms with van der Waals surface area (Å²) in [4.78, 5) is 0. The van der Waals surface area contributed by atoms with Crippen LogP contribution in [0, 0.1) is 13.8 Å². The molecule has 0 radical (unpaired) electrons. The molecule has 2 aromatic rings. The van der Waals surface area contributed by atoms with E-state index in [-0.39, 0.29) is 0 Å². The van der Waals surface area contributed by atoms with Crippen molar-refractivity contribution < 1.29 is 0 Å². The molecule has 1 N–H and O–H groups in total. The molecule has 0 saturated heterocycles. The maximum absolute atomic E-state index is 3.59. The number of likely N-dealkylation sites (N-methyl/N-ethyl adjacent to an activating group) is 1. The Bertz CT molecular complexity index is 609. The predicted molar refractivity (Wildman–Crippen MR) is 90.0 cm³/mol. The van der Waals surface area contributed by atoms with Gasteiger partial charge in [-0.1, -0.05) is 42.5 Å². The van der Waals surface area contributed by atoms with Crippen LogP contribution in [0.3, 0.4) is 0 Å². The van der Waals surface area contributed by atoms with Crippen LogP contribution in [-0.4, -0.2) is 13.1 Å². The van der Waals surface area contributed by atoms with Gasteiger partial charge in [-0.2, -0.15) is 0 Å². The first-order valence-electron chi connectivity index (χ1n) is 8.01. The van der Waals surface area contributed by atoms with E-state index in [4.69, 9.17) is 0 Å². The normalized spacial score (nSPS) is 18.5. The molecule has 110 valence electrons. The number of benzene rings is 2. The molecule has 21 heavy (non-hydrogen) atoms. The van der Waals surface area contributed by atoms with Crippen molar-refractivity contribution in [3.05, 3.63) is 70.3 Å². The minimum Gasteiger partial charge on any atom is -0.316 e. The zero-order valence-electron chi connectivity index (χ0n) is 13.3. The summed E-state index contributed by atoms with van der Waals surface area (Å²) in [5.41, 5.74) is 7.46. The van der Waals surface area contributed by atoms with Gasteiger partial charge in [0.05, 0.1) is 0 Å². The SMILES string of the molecule is CNC(Cc1c(C)cccc1C)C1CCc2ccccc21. The summed E-state index contributed by atoms with van der Waals surface area (Å²) in [6, 6.07) is 16.1. The third kappa shape index (κ3) is 2.75. The van der Waals surface area contributed by atoms with Gasteiger partial charge in [-0.3, -0.25) is 0 Å². The standard InChI is InChI=1S/C20H25N/c1-14-7-6-8-15(2)19(14)13-20(21-3)18-12-11-16-9-4-5-10-17(16)18/h4-10,18,20-21H,11-13H2,1-3H3. The molecule has 0 amide bonds. The van der Waals surface area contributed by atoms with Crippen LogP contribution in [0.25, 0.3) is 0 Å². The maximum atomic E-state index is 3.59. The van der Waals surface area contributed by atoms with E-state index in [1.165, 1.54) is 29.5 Å². The zero-order chi connectivity index (χ0) is 14.8. The first-order chi connectivity index (χ1) is 10.2. The molecule has 2 aromatic carbocycles. The topological polar surface area (TPSA) is 12.0 Å². The average molecular weight is 279 g/mol. The van der Waals surface area contributed by atoms with Gasteiger partial charge < -0.3 is 5.32 Å². The van der Waals surface area contributed by atoms with Crippen molar-refractivity contribution in [2.24, 2.45) is 0 Å². The molecule has 0 aliphatic heterocycles. The summed E-state index contributed by atoms with van der Waals surface area (Å²) >= 11 is 0. The van der Waals surface area contributed by atoms with Gasteiger partial charge in [-0.25, -0.2) is 0 Å². The summed E-state index contributed by atoms with van der Waals surface area (Å²) in [6.45, 7) is 4.47. The van der Waals surface area contributed by atoms with E-state index in [1.54, 1.807) is 11.1 Å². The van der Waals surface area contributed by atoms with Crippen LogP contribution < -0.4 is 5.32 Å². The van der Waals surface area contributed by atoms with E-state index in [0.29, 0.717) is 12.0 Å². The lowest BCUT2D eigenvalue weighted by molar-refractivity contribution is 0.455. The smallest absolute Gasteiger partial charge is 0.0174 e. The van der Waals surface area contributed by atoms with Crippen LogP contribution in [0.15, 0.2) is 42.5 Å². The second-order valence-corrected chi connectivity index (χ2v) is 6.31. The number of nitrogens with one attached hydrogen (secondary N) is 1. The van der Waals surface area contributed by atoms with E-state index in [9.17, 15) is 0 Å². The molecule has 1 aliphatic carbocycles. The third-order valence-corrected chi connectivity index (χ3v) is 5.10. The molecule has 1 heteroatoms. The Morgan fingerprint density at radius 3 is 2.48 bits per heavy atom. The Hall–Kier alpha value is -1.60. The number of hydrogen-bond donors (Lipinski definition) is 1. The van der Waals surface area contributed by atoms with Crippen LogP contribution >= 0.6 is 0 Å². The molecule has 1 nitrogen and oxygen atoms in total. The minimum absolute atomic E-state index is 0.522. The van der Waals surface area contributed by atoms with E-state index in [2.05, 4.69) is 68.7 Å². The molecular weight excluding hydrogens is 254 g/mol. The van der Waals surface area contributed by atoms with E-state index in [1.807, 2.05) is 0 Å². The highest BCUT2D eigenvalue weighted by Gasteiger charge is 2.29. The Balaban J connectivity index is 1.87. The van der Waals surface area contributed by atoms with Gasteiger partial charge in [0.1, 0.15) is 0 Å². The fraction of sp³-hybridized carbons (Fsp3) is 0.400. The molecule has 2 atom stereocenters. The largest absolute Gasteiger partial charge is 0.316 e. The number of rotatable bonds is 4. The van der Waals surface area contributed by atoms with E-state index >= 15 is 0 Å². The molecule has 0 fully saturated rings. The van der Waals surface area contributed by atoms with Crippen molar-refractivity contribution in [3.8, 4) is 0 Å². The number of fused-ring (bicyclic) bond motifs is 1. The fourth-order valence-electron chi connectivity index (χ4n) is 3.84. The first-order valence-corrected chi connectivity index (χ1v) is 8.01. The maximum Gasteiger partial charge on any atom is 0.0174 e. The van der Waals surface area contributed by atoms with Gasteiger partial charge in [0.2, 0.25) is 0 Å². The molecule has 3 rings (SSSR count). The summed E-state index contributed by atoms with van der Waals surface area (Å²) in [7, 11) is 2.11. The van der Waals surface area contributed by atoms with Crippen LogP contribution in [0.2, 0.25) is 0 Å². The first kappa shape index (κ1) is 14.3. The summed E-state index contributed by atoms with van der Waals surface area (Å²) in [5.74, 6) is 0.644. The third-order valence-electron chi connectivity index (χ3n) is 5.10. The van der Waals surface area contributed by atoms with Crippen molar-refractivity contribution in [3.63, 3.8) is 0 Å². The quantitative estimate of drug-likeness (QED) is 0.886. The van der Waals surface area contributed by atoms with Crippen LogP contribution in [0.5, 0.6) is 0 Å². The minimum atomic E-state index is 0.522. The second-order valence-electron chi connectivity index (χ2n) is 6.31. The predicted octanol–water partition coefficient (Wildman–Crippen LogP) is 4.16. The number of hydrogen-bond acceptors (Lipinski definition) is 1. The summed E-state index contributed by atoms with van der Waals surface area (Å²) in [6.07, 6.45) is 3.62. The Labute approximate surface area is 128 Å². The van der Waals surface area contributed by atoms with Crippen molar-refractivity contribution in [2.45, 2.75) is 45.1 Å². The lowest BCUT2D eigenvalue weighted by atomic mass is 9.86. The fourth-order valence-corrected chi connectivity index (χ4v) is 3.84. The molecule has 0 saturated carbocycles. The van der Waals surface area contributed by atoms with Crippen molar-refractivity contribution >= 4 is 0 Å². The average Bonchev–Trinajstić information content (AvgIpc) is 2.91. The Kier molecular flexibility index (Phi) is 4.12. The van der Waals surface area contributed by atoms with Crippen molar-refractivity contribution in [1.82, 2.24) is 5.32 Å². The van der Waals surface area contributed by atoms with Gasteiger partial charge in [0.25, 0.3) is 0 Å². The Morgan fingerprint density at radius 2 is 1.76 bits per heavy atom. The highest BCUT2D eigenvalue weighted by molar-refractivity contribution is 5.38. The molecule has 2 unspecified atom stereocenters. The number of aryl methyl sites for hydroxylation is 3. The van der Waals surface area contributed by atoms with Gasteiger partial charge >= 0.3 is 0 Å². The van der Waals surface area contributed by atoms with Crippen LogP contribution in [-0.2, 0) is 12.8 Å². The van der Waals surface area contributed by atoms with Crippen molar-refractivity contribution in [2.75, 3.05) is 7.05 Å². The monoisotopic (exact) mass is 279 g/mol. The summed E-state index contributed by atoms with van der Waals surface area (Å²) in [5, 5.41) is 3.59. The highest BCUT2D eigenvalue weighted by Crippen LogP contribution is 2.36. The van der Waals surface area contributed by atoms with Crippen LogP contribution in [0.1, 0.15) is 40.2 Å². The molecule has 0 bridgehead atoms. The van der Waals surface area contributed by atoms with E-state index < -0.39 is 0 Å². The molecule has 0 heterocycles. The van der Waals surface area contributed by atoms with Gasteiger partial charge in [0, 0.05) is 12.0 Å². The Morgan fingerprint density at radius 1 is 1.05 bits per heavy atom. The summed E-state index contributed by atoms with van der Waals surface area (Å²) < 4.78 is 0. The second kappa shape index (κ2) is 6.03. The lowest BCUT2D eigenvalue weighted by Gasteiger charge is -2.26. The lowest BCUT2D eigenvalue weighted by Crippen LogP contribution is -2.33. The zero-order valence-corrected chi connectivity index (χ0v) is 13.3. The molecular formula is C20H25N. The van der Waals surface area contributed by atoms with E-state index in [0.717, 1.165) is 6.42 Å². The molecule has 1 aliphatic rings. The van der Waals surface area contributed by atoms with Gasteiger partial charge in [-0.15, -0.1) is 0 Å². The van der Waals surface area contributed by atoms with Gasteiger partial charge in [0.15, 0.2) is 0 Å². The molecule has 0 spiro atoms.